The second-order valence-electron chi connectivity index (χ2n) is 9.27. The van der Waals surface area contributed by atoms with E-state index in [1.807, 2.05) is 25.1 Å². The number of aromatic nitrogens is 3. The van der Waals surface area contributed by atoms with Crippen molar-refractivity contribution in [1.82, 2.24) is 20.3 Å². The zero-order chi connectivity index (χ0) is 22.9. The minimum absolute atomic E-state index is 0. The Morgan fingerprint density at radius 1 is 1.18 bits per heavy atom. The summed E-state index contributed by atoms with van der Waals surface area (Å²) in [5.74, 6) is 1.98. The molecule has 5 rings (SSSR count). The fourth-order valence-electron chi connectivity index (χ4n) is 4.56. The number of hydrogen-bond acceptors (Lipinski definition) is 6. The van der Waals surface area contributed by atoms with E-state index in [2.05, 4.69) is 20.3 Å². The quantitative estimate of drug-likeness (QED) is 0.463. The number of fused-ring (bicyclic) bond motifs is 1. The van der Waals surface area contributed by atoms with Gasteiger partial charge in [0.15, 0.2) is 0 Å². The normalized spacial score (nSPS) is 20.0. The molecule has 4 N–H and O–H groups in total. The van der Waals surface area contributed by atoms with Crippen LogP contribution in [-0.4, -0.2) is 46.7 Å². The van der Waals surface area contributed by atoms with Gasteiger partial charge in [0, 0.05) is 23.3 Å². The van der Waals surface area contributed by atoms with Crippen LogP contribution >= 0.6 is 12.4 Å². The Bertz CT molecular complexity index is 1170. The van der Waals surface area contributed by atoms with Crippen LogP contribution < -0.4 is 20.5 Å². The Hall–Kier alpha value is -2.84. The van der Waals surface area contributed by atoms with Crippen LogP contribution in [0.1, 0.15) is 54.6 Å². The number of halogens is 1. The molecule has 0 radical (unpaired) electrons. The van der Waals surface area contributed by atoms with Crippen molar-refractivity contribution >= 4 is 29.3 Å². The molecule has 2 heterocycles. The lowest BCUT2D eigenvalue weighted by Crippen LogP contribution is -2.40. The van der Waals surface area contributed by atoms with E-state index in [1.54, 1.807) is 7.11 Å². The van der Waals surface area contributed by atoms with Crippen LogP contribution in [0.15, 0.2) is 24.5 Å². The van der Waals surface area contributed by atoms with E-state index in [-0.39, 0.29) is 30.4 Å². The highest BCUT2D eigenvalue weighted by Gasteiger charge is 2.26. The van der Waals surface area contributed by atoms with E-state index in [9.17, 15) is 4.79 Å². The first-order valence-corrected chi connectivity index (χ1v) is 11.7. The lowest BCUT2D eigenvalue weighted by Gasteiger charge is -2.26. The Kier molecular flexibility index (Phi) is 7.28. The predicted octanol–water partition coefficient (Wildman–Crippen LogP) is 4.15. The molecule has 2 aliphatic rings. The monoisotopic (exact) mass is 485 g/mol. The van der Waals surface area contributed by atoms with Gasteiger partial charge in [-0.25, -0.2) is 9.97 Å². The Morgan fingerprint density at radius 2 is 1.94 bits per heavy atom. The number of carbonyl (C=O) groups is 1. The number of benzene rings is 1. The van der Waals surface area contributed by atoms with Gasteiger partial charge >= 0.3 is 0 Å². The van der Waals surface area contributed by atoms with Gasteiger partial charge in [-0.1, -0.05) is 0 Å². The molecule has 2 aliphatic carbocycles. The number of hydrogen-bond donors (Lipinski definition) is 3. The highest BCUT2D eigenvalue weighted by Crippen LogP contribution is 2.38. The molecule has 0 saturated heterocycles. The van der Waals surface area contributed by atoms with Crippen LogP contribution in [0.25, 0.3) is 22.3 Å². The SMILES string of the molecule is COc1ccc(OCC2CC2)c(-c2ncnc3c(C(=O)N[C@H]4CC[C@H](N)CC4)c(C)[nH]c23)c1.Cl. The van der Waals surface area contributed by atoms with Crippen molar-refractivity contribution in [1.29, 1.82) is 0 Å². The van der Waals surface area contributed by atoms with Crippen LogP contribution in [0, 0.1) is 12.8 Å². The molecule has 0 unspecified atom stereocenters. The van der Waals surface area contributed by atoms with E-state index in [1.165, 1.54) is 19.2 Å². The third-order valence-corrected chi connectivity index (χ3v) is 6.72. The van der Waals surface area contributed by atoms with Crippen molar-refractivity contribution in [2.75, 3.05) is 13.7 Å². The standard InChI is InChI=1S/C25H31N5O3.ClH/c1-14-21(25(31)30-17-7-5-16(26)6-8-17)23-24(29-14)22(27-13-28-23)19-11-18(32-2)9-10-20(19)33-12-15-3-4-15;/h9-11,13,15-17,29H,3-8,12,26H2,1-2H3,(H,30,31);1H/t16-,17-;. The largest absolute Gasteiger partial charge is 0.497 e. The van der Waals surface area contributed by atoms with E-state index >= 15 is 0 Å². The Morgan fingerprint density at radius 3 is 2.65 bits per heavy atom. The molecule has 1 aromatic carbocycles. The van der Waals surface area contributed by atoms with Crippen LogP contribution in [0.5, 0.6) is 11.5 Å². The molecule has 3 aromatic rings. The van der Waals surface area contributed by atoms with Crippen LogP contribution in [0.3, 0.4) is 0 Å². The molecule has 0 atom stereocenters. The van der Waals surface area contributed by atoms with E-state index in [0.29, 0.717) is 35.0 Å². The lowest BCUT2D eigenvalue weighted by molar-refractivity contribution is 0.0927. The number of amides is 1. The summed E-state index contributed by atoms with van der Waals surface area (Å²) in [4.78, 5) is 25.6. The first-order chi connectivity index (χ1) is 16.0. The minimum atomic E-state index is -0.111. The van der Waals surface area contributed by atoms with Crippen molar-refractivity contribution in [3.63, 3.8) is 0 Å². The molecule has 9 heteroatoms. The molecule has 0 bridgehead atoms. The number of nitrogens with two attached hydrogens (primary N) is 1. The summed E-state index contributed by atoms with van der Waals surface area (Å²) < 4.78 is 11.6. The second kappa shape index (κ2) is 10.2. The van der Waals surface area contributed by atoms with Crippen molar-refractivity contribution in [3.8, 4) is 22.8 Å². The van der Waals surface area contributed by atoms with Crippen LogP contribution in [0.2, 0.25) is 0 Å². The average Bonchev–Trinajstić information content (AvgIpc) is 3.58. The number of rotatable bonds is 7. The number of nitrogens with zero attached hydrogens (tertiary/aromatic N) is 2. The number of aryl methyl sites for hydroxylation is 1. The van der Waals surface area contributed by atoms with Crippen LogP contribution in [0.4, 0.5) is 0 Å². The fraction of sp³-hybridized carbons (Fsp3) is 0.480. The van der Waals surface area contributed by atoms with Crippen molar-refractivity contribution in [2.24, 2.45) is 11.7 Å². The molecule has 2 fully saturated rings. The first-order valence-electron chi connectivity index (χ1n) is 11.7. The number of aromatic amines is 1. The summed E-state index contributed by atoms with van der Waals surface area (Å²) in [6.07, 6.45) is 7.60. The van der Waals surface area contributed by atoms with E-state index in [0.717, 1.165) is 48.2 Å². The smallest absolute Gasteiger partial charge is 0.255 e. The van der Waals surface area contributed by atoms with E-state index < -0.39 is 0 Å². The van der Waals surface area contributed by atoms with Gasteiger partial charge in [-0.2, -0.15) is 0 Å². The topological polar surface area (TPSA) is 115 Å². The maximum atomic E-state index is 13.2. The van der Waals surface area contributed by atoms with Crippen LogP contribution in [-0.2, 0) is 0 Å². The third kappa shape index (κ3) is 4.98. The van der Waals surface area contributed by atoms with Gasteiger partial charge in [0.2, 0.25) is 0 Å². The maximum absolute atomic E-state index is 13.2. The molecule has 0 spiro atoms. The Labute approximate surface area is 205 Å². The van der Waals surface area contributed by atoms with Crippen molar-refractivity contribution in [3.05, 3.63) is 35.8 Å². The highest BCUT2D eigenvalue weighted by molar-refractivity contribution is 6.09. The number of H-pyrrole nitrogens is 1. The van der Waals surface area contributed by atoms with E-state index in [4.69, 9.17) is 15.2 Å². The number of methoxy groups -OCH3 is 1. The first kappa shape index (κ1) is 24.3. The fourth-order valence-corrected chi connectivity index (χ4v) is 4.56. The number of nitrogens with one attached hydrogen (secondary N) is 2. The zero-order valence-electron chi connectivity index (χ0n) is 19.6. The molecular formula is C25H32ClN5O3. The molecule has 2 aromatic heterocycles. The maximum Gasteiger partial charge on any atom is 0.255 e. The molecule has 8 nitrogen and oxygen atoms in total. The Balaban J connectivity index is 0.00000274. The molecule has 34 heavy (non-hydrogen) atoms. The predicted molar refractivity (Wildman–Crippen MR) is 134 cm³/mol. The third-order valence-electron chi connectivity index (χ3n) is 6.72. The average molecular weight is 486 g/mol. The van der Waals surface area contributed by atoms with Gasteiger partial charge in [-0.05, 0) is 69.6 Å². The van der Waals surface area contributed by atoms with Gasteiger partial charge in [-0.3, -0.25) is 4.79 Å². The zero-order valence-corrected chi connectivity index (χ0v) is 20.4. The number of carbonyl (C=O) groups excluding carboxylic acids is 1. The number of ether oxygens (including phenoxy) is 2. The summed E-state index contributed by atoms with van der Waals surface area (Å²) >= 11 is 0. The molecule has 1 amide bonds. The lowest BCUT2D eigenvalue weighted by atomic mass is 9.91. The van der Waals surface area contributed by atoms with Gasteiger partial charge in [0.05, 0.1) is 24.8 Å². The molecular weight excluding hydrogens is 454 g/mol. The highest BCUT2D eigenvalue weighted by atomic mass is 35.5. The van der Waals surface area contributed by atoms with Gasteiger partial charge in [-0.15, -0.1) is 12.4 Å². The molecule has 0 aliphatic heterocycles. The summed E-state index contributed by atoms with van der Waals surface area (Å²) in [7, 11) is 1.64. The molecule has 182 valence electrons. The van der Waals surface area contributed by atoms with Gasteiger partial charge in [0.25, 0.3) is 5.91 Å². The summed E-state index contributed by atoms with van der Waals surface area (Å²) in [5, 5.41) is 3.18. The van der Waals surface area contributed by atoms with Crippen molar-refractivity contribution in [2.45, 2.75) is 57.5 Å². The summed E-state index contributed by atoms with van der Waals surface area (Å²) in [6.45, 7) is 2.59. The summed E-state index contributed by atoms with van der Waals surface area (Å²) in [6, 6.07) is 6.11. The van der Waals surface area contributed by atoms with Crippen molar-refractivity contribution < 1.29 is 14.3 Å². The molecule has 2 saturated carbocycles. The van der Waals surface area contributed by atoms with Gasteiger partial charge in [0.1, 0.15) is 29.0 Å². The minimum Gasteiger partial charge on any atom is -0.497 e. The van der Waals surface area contributed by atoms with Gasteiger partial charge < -0.3 is 25.5 Å². The summed E-state index contributed by atoms with van der Waals surface area (Å²) in [5.41, 5.74) is 10.2. The second-order valence-corrected chi connectivity index (χ2v) is 9.27.